The Morgan fingerprint density at radius 1 is 1.75 bits per heavy atom. The van der Waals surface area contributed by atoms with Gasteiger partial charge in [-0.1, -0.05) is 0 Å². The molecule has 0 aliphatic carbocycles. The van der Waals surface area contributed by atoms with E-state index in [1.807, 2.05) is 0 Å². The van der Waals surface area contributed by atoms with Gasteiger partial charge in [-0.15, -0.1) is 0 Å². The molecule has 1 unspecified atom stereocenters. The summed E-state index contributed by atoms with van der Waals surface area (Å²) in [5.41, 5.74) is 1.36. The van der Waals surface area contributed by atoms with Crippen molar-refractivity contribution in [3.63, 3.8) is 0 Å². The fraction of sp³-hybridized carbons (Fsp3) is 0.500. The summed E-state index contributed by atoms with van der Waals surface area (Å²) < 4.78 is 5.41. The lowest BCUT2D eigenvalue weighted by molar-refractivity contribution is 0.108. The molecule has 12 heavy (non-hydrogen) atoms. The molecular weight excluding hydrogens is 156 g/mol. The molecule has 1 aliphatic rings. The molecule has 4 heteroatoms. The normalized spacial score (nSPS) is 22.8. The van der Waals surface area contributed by atoms with Gasteiger partial charge in [0.15, 0.2) is 6.29 Å². The van der Waals surface area contributed by atoms with Gasteiger partial charge in [0, 0.05) is 6.61 Å². The van der Waals surface area contributed by atoms with Crippen molar-refractivity contribution in [2.75, 3.05) is 6.61 Å². The molecule has 0 radical (unpaired) electrons. The minimum Gasteiger partial charge on any atom is -0.372 e. The average Bonchev–Trinajstić information content (AvgIpc) is 2.75. The number of ether oxygens (including phenoxy) is 1. The fourth-order valence-corrected chi connectivity index (χ4v) is 1.40. The van der Waals surface area contributed by atoms with Crippen LogP contribution in [0.5, 0.6) is 0 Å². The number of nitrogens with one attached hydrogen (secondary N) is 1. The lowest BCUT2D eigenvalue weighted by atomic mass is 10.2. The molecule has 2 rings (SSSR count). The molecule has 1 aliphatic heterocycles. The maximum absolute atomic E-state index is 10.3. The Kier molecular flexibility index (Phi) is 1.91. The van der Waals surface area contributed by atoms with Crippen LogP contribution in [-0.2, 0) is 4.74 Å². The van der Waals surface area contributed by atoms with Crippen LogP contribution in [0.15, 0.2) is 6.07 Å². The summed E-state index contributed by atoms with van der Waals surface area (Å²) in [7, 11) is 0. The Balaban J connectivity index is 2.16. The maximum Gasteiger partial charge on any atom is 0.170 e. The highest BCUT2D eigenvalue weighted by Gasteiger charge is 2.19. The predicted molar refractivity (Wildman–Crippen MR) is 41.9 cm³/mol. The molecular formula is C8H10N2O2. The van der Waals surface area contributed by atoms with Crippen LogP contribution in [0.1, 0.15) is 35.1 Å². The Morgan fingerprint density at radius 3 is 3.25 bits per heavy atom. The highest BCUT2D eigenvalue weighted by Crippen LogP contribution is 2.26. The summed E-state index contributed by atoms with van der Waals surface area (Å²) >= 11 is 0. The monoisotopic (exact) mass is 166 g/mol. The first-order chi connectivity index (χ1) is 5.90. The third-order valence-electron chi connectivity index (χ3n) is 2.01. The number of carbonyl (C=O) groups excluding carboxylic acids is 1. The number of aldehydes is 1. The van der Waals surface area contributed by atoms with Gasteiger partial charge in [0.25, 0.3) is 0 Å². The first kappa shape index (κ1) is 7.49. The van der Waals surface area contributed by atoms with E-state index >= 15 is 0 Å². The smallest absolute Gasteiger partial charge is 0.170 e. The quantitative estimate of drug-likeness (QED) is 0.668. The van der Waals surface area contributed by atoms with Crippen LogP contribution in [0.25, 0.3) is 0 Å². The first-order valence-corrected chi connectivity index (χ1v) is 4.02. The first-order valence-electron chi connectivity index (χ1n) is 4.02. The van der Waals surface area contributed by atoms with E-state index in [1.54, 1.807) is 6.07 Å². The van der Waals surface area contributed by atoms with Gasteiger partial charge in [-0.2, -0.15) is 5.10 Å². The SMILES string of the molecule is O=Cc1cc(C2CCCO2)[nH]n1. The second-order valence-corrected chi connectivity index (χ2v) is 2.87. The zero-order valence-electron chi connectivity index (χ0n) is 6.62. The Morgan fingerprint density at radius 2 is 2.67 bits per heavy atom. The van der Waals surface area contributed by atoms with Gasteiger partial charge < -0.3 is 4.74 Å². The van der Waals surface area contributed by atoms with E-state index in [0.29, 0.717) is 5.69 Å². The van der Waals surface area contributed by atoms with E-state index in [-0.39, 0.29) is 6.10 Å². The molecule has 0 aromatic carbocycles. The maximum atomic E-state index is 10.3. The number of hydrogen-bond donors (Lipinski definition) is 1. The van der Waals surface area contributed by atoms with Crippen molar-refractivity contribution in [2.24, 2.45) is 0 Å². The lowest BCUT2D eigenvalue weighted by Crippen LogP contribution is -1.95. The van der Waals surface area contributed by atoms with Crippen LogP contribution < -0.4 is 0 Å². The summed E-state index contributed by atoms with van der Waals surface area (Å²) in [6.45, 7) is 0.806. The van der Waals surface area contributed by atoms with E-state index in [9.17, 15) is 4.79 Å². The van der Waals surface area contributed by atoms with E-state index in [4.69, 9.17) is 4.74 Å². The van der Waals surface area contributed by atoms with Crippen molar-refractivity contribution in [1.29, 1.82) is 0 Å². The summed E-state index contributed by atoms with van der Waals surface area (Å²) in [4.78, 5) is 10.3. The van der Waals surface area contributed by atoms with Crippen LogP contribution in [-0.4, -0.2) is 23.1 Å². The summed E-state index contributed by atoms with van der Waals surface area (Å²) in [5.74, 6) is 0. The van der Waals surface area contributed by atoms with Gasteiger partial charge in [-0.25, -0.2) is 0 Å². The Hall–Kier alpha value is -1.16. The number of H-pyrrole nitrogens is 1. The Bertz CT molecular complexity index is 276. The van der Waals surface area contributed by atoms with Gasteiger partial charge in [0.2, 0.25) is 0 Å². The van der Waals surface area contributed by atoms with Crippen molar-refractivity contribution < 1.29 is 9.53 Å². The van der Waals surface area contributed by atoms with E-state index in [2.05, 4.69) is 10.2 Å². The van der Waals surface area contributed by atoms with Crippen molar-refractivity contribution in [1.82, 2.24) is 10.2 Å². The molecule has 0 bridgehead atoms. The van der Waals surface area contributed by atoms with Gasteiger partial charge in [0.05, 0.1) is 11.8 Å². The molecule has 1 saturated heterocycles. The van der Waals surface area contributed by atoms with Crippen molar-refractivity contribution in [3.8, 4) is 0 Å². The number of aromatic nitrogens is 2. The van der Waals surface area contributed by atoms with Crippen molar-refractivity contribution in [2.45, 2.75) is 18.9 Å². The molecule has 0 amide bonds. The molecule has 2 heterocycles. The van der Waals surface area contributed by atoms with Crippen molar-refractivity contribution >= 4 is 6.29 Å². The third-order valence-corrected chi connectivity index (χ3v) is 2.01. The number of rotatable bonds is 2. The standard InChI is InChI=1S/C8H10N2O2/c11-5-6-4-7(10-9-6)8-2-1-3-12-8/h4-5,8H,1-3H2,(H,9,10). The Labute approximate surface area is 69.9 Å². The summed E-state index contributed by atoms with van der Waals surface area (Å²) in [6.07, 6.45) is 2.95. The van der Waals surface area contributed by atoms with Gasteiger partial charge in [0.1, 0.15) is 5.69 Å². The van der Waals surface area contributed by atoms with Crippen LogP contribution in [0.3, 0.4) is 0 Å². The molecule has 1 N–H and O–H groups in total. The zero-order chi connectivity index (χ0) is 8.39. The highest BCUT2D eigenvalue weighted by atomic mass is 16.5. The third kappa shape index (κ3) is 1.25. The van der Waals surface area contributed by atoms with Gasteiger partial charge in [-0.3, -0.25) is 9.89 Å². The number of nitrogens with zero attached hydrogens (tertiary/aromatic N) is 1. The van der Waals surface area contributed by atoms with Gasteiger partial charge in [-0.05, 0) is 18.9 Å². The van der Waals surface area contributed by atoms with Gasteiger partial charge >= 0.3 is 0 Å². The van der Waals surface area contributed by atoms with E-state index < -0.39 is 0 Å². The molecule has 64 valence electrons. The van der Waals surface area contributed by atoms with Crippen LogP contribution >= 0.6 is 0 Å². The molecule has 0 spiro atoms. The highest BCUT2D eigenvalue weighted by molar-refractivity contribution is 5.71. The summed E-state index contributed by atoms with van der Waals surface area (Å²) in [5, 5.41) is 6.60. The number of carbonyl (C=O) groups is 1. The number of aromatic amines is 1. The zero-order valence-corrected chi connectivity index (χ0v) is 6.62. The van der Waals surface area contributed by atoms with Crippen LogP contribution in [0.4, 0.5) is 0 Å². The van der Waals surface area contributed by atoms with Crippen molar-refractivity contribution in [3.05, 3.63) is 17.5 Å². The van der Waals surface area contributed by atoms with Crippen LogP contribution in [0.2, 0.25) is 0 Å². The van der Waals surface area contributed by atoms with E-state index in [0.717, 1.165) is 31.4 Å². The fourth-order valence-electron chi connectivity index (χ4n) is 1.40. The van der Waals surface area contributed by atoms with Crippen LogP contribution in [0, 0.1) is 0 Å². The molecule has 1 aromatic heterocycles. The second kappa shape index (κ2) is 3.06. The summed E-state index contributed by atoms with van der Waals surface area (Å²) in [6, 6.07) is 1.74. The molecule has 0 saturated carbocycles. The number of hydrogen-bond acceptors (Lipinski definition) is 3. The lowest BCUT2D eigenvalue weighted by Gasteiger charge is -2.03. The molecule has 1 atom stereocenters. The predicted octanol–water partition coefficient (Wildman–Crippen LogP) is 1.07. The largest absolute Gasteiger partial charge is 0.372 e. The molecule has 1 fully saturated rings. The topological polar surface area (TPSA) is 55.0 Å². The minimum absolute atomic E-state index is 0.117. The van der Waals surface area contributed by atoms with E-state index in [1.165, 1.54) is 0 Å². The molecule has 4 nitrogen and oxygen atoms in total. The molecule has 1 aromatic rings. The minimum atomic E-state index is 0.117. The average molecular weight is 166 g/mol. The second-order valence-electron chi connectivity index (χ2n) is 2.87.